The molecular formula is C22H25N5O2S. The first-order valence-electron chi connectivity index (χ1n) is 9.93. The van der Waals surface area contributed by atoms with Crippen LogP contribution in [0.5, 0.6) is 0 Å². The molecule has 0 saturated carbocycles. The molecule has 0 bridgehead atoms. The molecule has 1 aromatic carbocycles. The maximum atomic E-state index is 13.2. The molecule has 0 atom stereocenters. The molecule has 0 radical (unpaired) electrons. The van der Waals surface area contributed by atoms with Gasteiger partial charge in [0.1, 0.15) is 0 Å². The average Bonchev–Trinajstić information content (AvgIpc) is 2.77. The Labute approximate surface area is 177 Å². The number of pyridine rings is 1. The Morgan fingerprint density at radius 1 is 0.800 bits per heavy atom. The van der Waals surface area contributed by atoms with Crippen molar-refractivity contribution in [3.8, 4) is 11.3 Å². The van der Waals surface area contributed by atoms with Gasteiger partial charge in [0.25, 0.3) is 0 Å². The fourth-order valence-electron chi connectivity index (χ4n) is 3.68. The molecule has 1 fully saturated rings. The Balaban J connectivity index is 1.47. The lowest BCUT2D eigenvalue weighted by Gasteiger charge is -2.34. The first-order chi connectivity index (χ1) is 14.4. The van der Waals surface area contributed by atoms with Gasteiger partial charge in [-0.15, -0.1) is 10.2 Å². The molecule has 3 heterocycles. The van der Waals surface area contributed by atoms with Gasteiger partial charge >= 0.3 is 0 Å². The van der Waals surface area contributed by atoms with Crippen LogP contribution in [0.2, 0.25) is 0 Å². The van der Waals surface area contributed by atoms with Crippen LogP contribution in [-0.2, 0) is 10.0 Å². The van der Waals surface area contributed by atoms with Crippen molar-refractivity contribution >= 4 is 15.8 Å². The predicted molar refractivity (Wildman–Crippen MR) is 117 cm³/mol. The smallest absolute Gasteiger partial charge is 0.243 e. The van der Waals surface area contributed by atoms with Gasteiger partial charge in [-0.25, -0.2) is 8.42 Å². The number of sulfonamides is 1. The highest BCUT2D eigenvalue weighted by molar-refractivity contribution is 7.89. The molecule has 0 unspecified atom stereocenters. The number of hydrogen-bond acceptors (Lipinski definition) is 6. The molecule has 1 aliphatic heterocycles. The second-order valence-electron chi connectivity index (χ2n) is 7.61. The van der Waals surface area contributed by atoms with Crippen LogP contribution < -0.4 is 4.90 Å². The maximum Gasteiger partial charge on any atom is 0.243 e. The number of anilines is 1. The van der Waals surface area contributed by atoms with E-state index in [4.69, 9.17) is 0 Å². The van der Waals surface area contributed by atoms with Crippen LogP contribution >= 0.6 is 0 Å². The van der Waals surface area contributed by atoms with Crippen LogP contribution in [0.4, 0.5) is 5.82 Å². The van der Waals surface area contributed by atoms with Crippen LogP contribution in [0.3, 0.4) is 0 Å². The van der Waals surface area contributed by atoms with Crippen LogP contribution in [0, 0.1) is 20.8 Å². The van der Waals surface area contributed by atoms with E-state index >= 15 is 0 Å². The minimum atomic E-state index is -3.52. The monoisotopic (exact) mass is 423 g/mol. The number of benzene rings is 1. The minimum absolute atomic E-state index is 0.403. The third-order valence-electron chi connectivity index (χ3n) is 5.60. The Morgan fingerprint density at radius 2 is 1.47 bits per heavy atom. The number of aromatic nitrogens is 3. The zero-order chi connectivity index (χ0) is 21.3. The standard InChI is InChI=1S/C22H25N5O2S/c1-16-14-18(3)21(15-17(16)2)30(28,29)27-12-10-26(11-13-27)22-5-4-20(24-25-22)19-6-8-23-9-7-19/h4-9,14-15H,10-13H2,1-3H3. The summed E-state index contributed by atoms with van der Waals surface area (Å²) in [5.41, 5.74) is 4.63. The molecule has 1 saturated heterocycles. The summed E-state index contributed by atoms with van der Waals surface area (Å²) in [6, 6.07) is 11.4. The van der Waals surface area contributed by atoms with Crippen molar-refractivity contribution in [1.82, 2.24) is 19.5 Å². The molecule has 2 aromatic heterocycles. The summed E-state index contributed by atoms with van der Waals surface area (Å²) < 4.78 is 28.0. The lowest BCUT2D eigenvalue weighted by atomic mass is 10.1. The lowest BCUT2D eigenvalue weighted by Crippen LogP contribution is -2.49. The van der Waals surface area contributed by atoms with Gasteiger partial charge in [0, 0.05) is 44.1 Å². The maximum absolute atomic E-state index is 13.2. The number of nitrogens with zero attached hydrogens (tertiary/aromatic N) is 5. The third-order valence-corrected chi connectivity index (χ3v) is 7.64. The number of rotatable bonds is 4. The van der Waals surface area contributed by atoms with Gasteiger partial charge in [0.2, 0.25) is 10.0 Å². The van der Waals surface area contributed by atoms with Crippen molar-refractivity contribution in [2.45, 2.75) is 25.7 Å². The highest BCUT2D eigenvalue weighted by Gasteiger charge is 2.30. The van der Waals surface area contributed by atoms with Crippen LogP contribution in [0.25, 0.3) is 11.3 Å². The van der Waals surface area contributed by atoms with Gasteiger partial charge in [-0.1, -0.05) is 6.07 Å². The fourth-order valence-corrected chi connectivity index (χ4v) is 5.39. The molecule has 0 aliphatic carbocycles. The van der Waals surface area contributed by atoms with Gasteiger partial charge in [-0.05, 0) is 67.8 Å². The van der Waals surface area contributed by atoms with Crippen LogP contribution in [0.1, 0.15) is 16.7 Å². The topological polar surface area (TPSA) is 79.3 Å². The summed E-state index contributed by atoms with van der Waals surface area (Å²) in [7, 11) is -3.52. The van der Waals surface area contributed by atoms with E-state index in [0.29, 0.717) is 31.1 Å². The SMILES string of the molecule is Cc1cc(C)c(S(=O)(=O)N2CCN(c3ccc(-c4ccncc4)nn3)CC2)cc1C. The molecular weight excluding hydrogens is 398 g/mol. The molecule has 7 nitrogen and oxygen atoms in total. The molecule has 8 heteroatoms. The zero-order valence-corrected chi connectivity index (χ0v) is 18.2. The first-order valence-corrected chi connectivity index (χ1v) is 11.4. The quantitative estimate of drug-likeness (QED) is 0.642. The Morgan fingerprint density at radius 3 is 2.10 bits per heavy atom. The molecule has 4 rings (SSSR count). The number of aryl methyl sites for hydroxylation is 3. The number of hydrogen-bond donors (Lipinski definition) is 0. The van der Waals surface area contributed by atoms with E-state index in [-0.39, 0.29) is 0 Å². The Hall–Kier alpha value is -2.84. The third kappa shape index (κ3) is 3.93. The van der Waals surface area contributed by atoms with E-state index in [1.54, 1.807) is 22.8 Å². The van der Waals surface area contributed by atoms with Gasteiger partial charge in [0.15, 0.2) is 5.82 Å². The molecule has 156 valence electrons. The second-order valence-corrected chi connectivity index (χ2v) is 9.51. The van der Waals surface area contributed by atoms with Gasteiger partial charge in [-0.2, -0.15) is 4.31 Å². The molecule has 0 amide bonds. The molecule has 0 spiro atoms. The summed E-state index contributed by atoms with van der Waals surface area (Å²) in [4.78, 5) is 6.49. The highest BCUT2D eigenvalue weighted by Crippen LogP contribution is 2.25. The molecule has 30 heavy (non-hydrogen) atoms. The summed E-state index contributed by atoms with van der Waals surface area (Å²) in [6.07, 6.45) is 3.45. The minimum Gasteiger partial charge on any atom is -0.352 e. The predicted octanol–water partition coefficient (Wildman–Crippen LogP) is 2.97. The van der Waals surface area contributed by atoms with E-state index in [0.717, 1.165) is 33.8 Å². The Bertz CT molecular complexity index is 1140. The zero-order valence-electron chi connectivity index (χ0n) is 17.4. The van der Waals surface area contributed by atoms with Crippen molar-refractivity contribution in [3.05, 3.63) is 65.5 Å². The number of piperazine rings is 1. The largest absolute Gasteiger partial charge is 0.352 e. The molecule has 0 N–H and O–H groups in total. The van der Waals surface area contributed by atoms with Gasteiger partial charge < -0.3 is 4.90 Å². The first kappa shape index (κ1) is 20.4. The van der Waals surface area contributed by atoms with Gasteiger partial charge in [-0.3, -0.25) is 4.98 Å². The van der Waals surface area contributed by atoms with E-state index in [2.05, 4.69) is 20.1 Å². The lowest BCUT2D eigenvalue weighted by molar-refractivity contribution is 0.383. The van der Waals surface area contributed by atoms with E-state index in [1.807, 2.05) is 51.1 Å². The van der Waals surface area contributed by atoms with Crippen molar-refractivity contribution in [3.63, 3.8) is 0 Å². The summed E-state index contributed by atoms with van der Waals surface area (Å²) >= 11 is 0. The van der Waals surface area contributed by atoms with E-state index < -0.39 is 10.0 Å². The van der Waals surface area contributed by atoms with Crippen molar-refractivity contribution in [1.29, 1.82) is 0 Å². The van der Waals surface area contributed by atoms with Gasteiger partial charge in [0.05, 0.1) is 10.6 Å². The van der Waals surface area contributed by atoms with Crippen molar-refractivity contribution < 1.29 is 8.42 Å². The summed E-state index contributed by atoms with van der Waals surface area (Å²) in [5, 5.41) is 8.66. The van der Waals surface area contributed by atoms with Crippen LogP contribution in [0.15, 0.2) is 53.7 Å². The summed E-state index contributed by atoms with van der Waals surface area (Å²) in [5.74, 6) is 0.757. The Kier molecular flexibility index (Phi) is 5.53. The van der Waals surface area contributed by atoms with Crippen LogP contribution in [-0.4, -0.2) is 54.1 Å². The molecule has 3 aromatic rings. The highest BCUT2D eigenvalue weighted by atomic mass is 32.2. The van der Waals surface area contributed by atoms with Crippen molar-refractivity contribution in [2.75, 3.05) is 31.1 Å². The average molecular weight is 424 g/mol. The fraction of sp³-hybridized carbons (Fsp3) is 0.318. The summed E-state index contributed by atoms with van der Waals surface area (Å²) in [6.45, 7) is 7.79. The normalized spacial score (nSPS) is 15.4. The van der Waals surface area contributed by atoms with E-state index in [9.17, 15) is 8.42 Å². The second kappa shape index (κ2) is 8.12. The van der Waals surface area contributed by atoms with E-state index in [1.165, 1.54) is 0 Å². The molecule has 1 aliphatic rings. The van der Waals surface area contributed by atoms with Crippen molar-refractivity contribution in [2.24, 2.45) is 0 Å².